The minimum absolute atomic E-state index is 0.0484. The van der Waals surface area contributed by atoms with Crippen LogP contribution in [0.4, 0.5) is 0 Å². The highest BCUT2D eigenvalue weighted by molar-refractivity contribution is 5.95. The van der Waals surface area contributed by atoms with Crippen LogP contribution in [0.1, 0.15) is 36.0 Å². The predicted octanol–water partition coefficient (Wildman–Crippen LogP) is 2.86. The number of amides is 1. The third kappa shape index (κ3) is 2.77. The number of nitrogens with one attached hydrogen (secondary N) is 1. The number of aromatic nitrogens is 2. The van der Waals surface area contributed by atoms with Crippen LogP contribution in [0.15, 0.2) is 36.7 Å². The van der Waals surface area contributed by atoms with Gasteiger partial charge in [0, 0.05) is 43.2 Å². The van der Waals surface area contributed by atoms with Crippen molar-refractivity contribution in [3.05, 3.63) is 42.2 Å². The Morgan fingerprint density at radius 3 is 2.83 bits per heavy atom. The van der Waals surface area contributed by atoms with Crippen LogP contribution in [0.2, 0.25) is 0 Å². The largest absolute Gasteiger partial charge is 0.375 e. The molecule has 1 spiro atoms. The first-order valence-corrected chi connectivity index (χ1v) is 8.29. The molecule has 2 saturated heterocycles. The van der Waals surface area contributed by atoms with Crippen LogP contribution in [-0.2, 0) is 4.74 Å². The van der Waals surface area contributed by atoms with Gasteiger partial charge < -0.3 is 14.6 Å². The van der Waals surface area contributed by atoms with Crippen molar-refractivity contribution in [1.29, 1.82) is 0 Å². The Balaban J connectivity index is 1.48. The van der Waals surface area contributed by atoms with Crippen molar-refractivity contribution in [1.82, 2.24) is 14.9 Å². The van der Waals surface area contributed by atoms with Crippen molar-refractivity contribution in [2.45, 2.75) is 31.3 Å². The highest BCUT2D eigenvalue weighted by atomic mass is 16.5. The molecule has 2 aliphatic heterocycles. The van der Waals surface area contributed by atoms with E-state index in [0.29, 0.717) is 0 Å². The van der Waals surface area contributed by atoms with Crippen LogP contribution in [0, 0.1) is 0 Å². The van der Waals surface area contributed by atoms with E-state index in [-0.39, 0.29) is 11.5 Å². The summed E-state index contributed by atoms with van der Waals surface area (Å²) in [5.41, 5.74) is 1.71. The lowest BCUT2D eigenvalue weighted by Gasteiger charge is -2.38. The monoisotopic (exact) mass is 311 g/mol. The molecule has 0 aliphatic carbocycles. The molecule has 1 aromatic heterocycles. The SMILES string of the molecule is O=C(c1cccc(-c2ncc[nH]2)c1)N1CCC2(CCCO2)CC1. The van der Waals surface area contributed by atoms with Crippen molar-refractivity contribution in [3.63, 3.8) is 0 Å². The van der Waals surface area contributed by atoms with Gasteiger partial charge in [-0.2, -0.15) is 0 Å². The quantitative estimate of drug-likeness (QED) is 0.928. The molecule has 23 heavy (non-hydrogen) atoms. The Bertz CT molecular complexity index is 680. The second-order valence-electron chi connectivity index (χ2n) is 6.45. The summed E-state index contributed by atoms with van der Waals surface area (Å²) in [5, 5.41) is 0. The number of likely N-dealkylation sites (tertiary alicyclic amines) is 1. The minimum Gasteiger partial charge on any atom is -0.375 e. The molecule has 4 rings (SSSR count). The van der Waals surface area contributed by atoms with E-state index in [1.165, 1.54) is 0 Å². The summed E-state index contributed by atoms with van der Waals surface area (Å²) in [6, 6.07) is 7.67. The van der Waals surface area contributed by atoms with Gasteiger partial charge in [-0.15, -0.1) is 0 Å². The smallest absolute Gasteiger partial charge is 0.253 e. The highest BCUT2D eigenvalue weighted by Gasteiger charge is 2.39. The number of benzene rings is 1. The summed E-state index contributed by atoms with van der Waals surface area (Å²) < 4.78 is 5.93. The van der Waals surface area contributed by atoms with E-state index in [9.17, 15) is 4.79 Å². The van der Waals surface area contributed by atoms with Gasteiger partial charge in [-0.25, -0.2) is 4.98 Å². The lowest BCUT2D eigenvalue weighted by atomic mass is 9.88. The molecule has 1 N–H and O–H groups in total. The molecule has 2 aliphatic rings. The Morgan fingerprint density at radius 1 is 1.26 bits per heavy atom. The van der Waals surface area contributed by atoms with Gasteiger partial charge in [0.15, 0.2) is 0 Å². The normalized spacial score (nSPS) is 20.1. The van der Waals surface area contributed by atoms with Crippen molar-refractivity contribution < 1.29 is 9.53 Å². The molecular formula is C18H21N3O2. The number of carbonyl (C=O) groups excluding carboxylic acids is 1. The molecule has 0 bridgehead atoms. The van der Waals surface area contributed by atoms with Crippen LogP contribution in [0.25, 0.3) is 11.4 Å². The number of piperidine rings is 1. The molecule has 5 nitrogen and oxygen atoms in total. The van der Waals surface area contributed by atoms with Gasteiger partial charge >= 0.3 is 0 Å². The van der Waals surface area contributed by atoms with Crippen molar-refractivity contribution in [3.8, 4) is 11.4 Å². The maximum atomic E-state index is 12.8. The summed E-state index contributed by atoms with van der Waals surface area (Å²) in [6.45, 7) is 2.44. The van der Waals surface area contributed by atoms with E-state index in [1.54, 1.807) is 12.4 Å². The van der Waals surface area contributed by atoms with Crippen molar-refractivity contribution in [2.75, 3.05) is 19.7 Å². The molecule has 0 atom stereocenters. The zero-order valence-electron chi connectivity index (χ0n) is 13.1. The Kier molecular flexibility index (Phi) is 3.65. The fraction of sp³-hybridized carbons (Fsp3) is 0.444. The molecule has 0 unspecified atom stereocenters. The van der Waals surface area contributed by atoms with E-state index in [1.807, 2.05) is 29.2 Å². The molecule has 0 radical (unpaired) electrons. The third-order valence-corrected chi connectivity index (χ3v) is 5.03. The van der Waals surface area contributed by atoms with E-state index in [2.05, 4.69) is 9.97 Å². The van der Waals surface area contributed by atoms with Gasteiger partial charge in [0.25, 0.3) is 5.91 Å². The number of nitrogens with zero attached hydrogens (tertiary/aromatic N) is 2. The lowest BCUT2D eigenvalue weighted by molar-refractivity contribution is -0.0387. The molecule has 2 fully saturated rings. The van der Waals surface area contributed by atoms with Gasteiger partial charge in [0.05, 0.1) is 5.60 Å². The fourth-order valence-electron chi connectivity index (χ4n) is 3.67. The molecule has 3 heterocycles. The van der Waals surface area contributed by atoms with E-state index in [0.717, 1.165) is 62.3 Å². The van der Waals surface area contributed by atoms with Crippen LogP contribution in [0.5, 0.6) is 0 Å². The van der Waals surface area contributed by atoms with E-state index >= 15 is 0 Å². The maximum absolute atomic E-state index is 12.8. The second kappa shape index (κ2) is 5.81. The summed E-state index contributed by atoms with van der Waals surface area (Å²) in [5.74, 6) is 0.892. The van der Waals surface area contributed by atoms with Gasteiger partial charge in [-0.05, 0) is 37.8 Å². The van der Waals surface area contributed by atoms with Gasteiger partial charge in [0.1, 0.15) is 5.82 Å². The molecular weight excluding hydrogens is 290 g/mol. The lowest BCUT2D eigenvalue weighted by Crippen LogP contribution is -2.46. The number of aromatic amines is 1. The average molecular weight is 311 g/mol. The topological polar surface area (TPSA) is 58.2 Å². The highest BCUT2D eigenvalue weighted by Crippen LogP contribution is 2.36. The predicted molar refractivity (Wildman–Crippen MR) is 87.1 cm³/mol. The Morgan fingerprint density at radius 2 is 2.13 bits per heavy atom. The number of ether oxygens (including phenoxy) is 1. The minimum atomic E-state index is 0.0484. The van der Waals surface area contributed by atoms with Gasteiger partial charge in [-0.1, -0.05) is 12.1 Å². The summed E-state index contributed by atoms with van der Waals surface area (Å²) in [6.07, 6.45) is 7.71. The number of hydrogen-bond acceptors (Lipinski definition) is 3. The first-order chi connectivity index (χ1) is 11.3. The molecule has 120 valence electrons. The molecule has 2 aromatic rings. The fourth-order valence-corrected chi connectivity index (χ4v) is 3.67. The summed E-state index contributed by atoms with van der Waals surface area (Å²) >= 11 is 0. The van der Waals surface area contributed by atoms with Crippen LogP contribution < -0.4 is 0 Å². The molecule has 1 aromatic carbocycles. The number of carbonyl (C=O) groups is 1. The number of imidazole rings is 1. The summed E-state index contributed by atoms with van der Waals surface area (Å²) in [7, 11) is 0. The number of H-pyrrole nitrogens is 1. The Hall–Kier alpha value is -2.14. The second-order valence-corrected chi connectivity index (χ2v) is 6.45. The standard InChI is InChI=1S/C18H21N3O2/c22-17(21-10-6-18(7-11-21)5-2-12-23-18)15-4-1-3-14(13-15)16-19-8-9-20-16/h1,3-4,8-9,13H,2,5-7,10-12H2,(H,19,20). The average Bonchev–Trinajstić information content (AvgIpc) is 3.28. The first-order valence-electron chi connectivity index (χ1n) is 8.29. The molecule has 0 saturated carbocycles. The van der Waals surface area contributed by atoms with Crippen molar-refractivity contribution in [2.24, 2.45) is 0 Å². The van der Waals surface area contributed by atoms with Gasteiger partial charge in [-0.3, -0.25) is 4.79 Å². The van der Waals surface area contributed by atoms with Crippen molar-refractivity contribution >= 4 is 5.91 Å². The Labute approximate surface area is 135 Å². The third-order valence-electron chi connectivity index (χ3n) is 5.03. The number of hydrogen-bond donors (Lipinski definition) is 1. The van der Waals surface area contributed by atoms with Crippen LogP contribution in [-0.4, -0.2) is 46.1 Å². The zero-order chi connectivity index (χ0) is 15.7. The maximum Gasteiger partial charge on any atom is 0.253 e. The zero-order valence-corrected chi connectivity index (χ0v) is 13.1. The van der Waals surface area contributed by atoms with Gasteiger partial charge in [0.2, 0.25) is 0 Å². The molecule has 5 heteroatoms. The first kappa shape index (κ1) is 14.5. The summed E-state index contributed by atoms with van der Waals surface area (Å²) in [4.78, 5) is 22.1. The number of rotatable bonds is 2. The van der Waals surface area contributed by atoms with E-state index in [4.69, 9.17) is 4.74 Å². The van der Waals surface area contributed by atoms with Crippen LogP contribution in [0.3, 0.4) is 0 Å². The van der Waals surface area contributed by atoms with E-state index < -0.39 is 0 Å². The van der Waals surface area contributed by atoms with Crippen LogP contribution >= 0.6 is 0 Å². The molecule has 1 amide bonds.